The van der Waals surface area contributed by atoms with Crippen molar-refractivity contribution in [3.05, 3.63) is 29.8 Å². The SMILES string of the molecule is CC(C)N(C)S(=O)(=O)c1cccc(C(=O)N2CCC[C@H](C)C2)c1. The molecule has 1 heterocycles. The van der Waals surface area contributed by atoms with Crippen molar-refractivity contribution in [1.82, 2.24) is 9.21 Å². The molecule has 1 aromatic carbocycles. The van der Waals surface area contributed by atoms with Gasteiger partial charge in [0.15, 0.2) is 0 Å². The Kier molecular flexibility index (Phi) is 5.47. The minimum absolute atomic E-state index is 0.0826. The largest absolute Gasteiger partial charge is 0.338 e. The van der Waals surface area contributed by atoms with E-state index in [2.05, 4.69) is 6.92 Å². The number of hydrogen-bond donors (Lipinski definition) is 0. The van der Waals surface area contributed by atoms with E-state index < -0.39 is 10.0 Å². The summed E-state index contributed by atoms with van der Waals surface area (Å²) in [6, 6.07) is 6.24. The van der Waals surface area contributed by atoms with Crippen LogP contribution in [-0.4, -0.2) is 49.7 Å². The normalized spacial score (nSPS) is 19.4. The molecule has 0 aromatic heterocycles. The molecule has 2 rings (SSSR count). The fourth-order valence-electron chi connectivity index (χ4n) is 2.79. The third-order valence-electron chi connectivity index (χ3n) is 4.43. The van der Waals surface area contributed by atoms with Crippen molar-refractivity contribution in [2.24, 2.45) is 5.92 Å². The van der Waals surface area contributed by atoms with Gasteiger partial charge >= 0.3 is 0 Å². The molecule has 0 saturated carbocycles. The van der Waals surface area contributed by atoms with Crippen LogP contribution in [0.2, 0.25) is 0 Å². The molecular formula is C17H26N2O3S. The van der Waals surface area contributed by atoms with Crippen LogP contribution in [0.1, 0.15) is 44.0 Å². The van der Waals surface area contributed by atoms with Crippen molar-refractivity contribution >= 4 is 15.9 Å². The molecule has 1 amide bonds. The molecule has 6 heteroatoms. The quantitative estimate of drug-likeness (QED) is 0.848. The van der Waals surface area contributed by atoms with E-state index in [9.17, 15) is 13.2 Å². The van der Waals surface area contributed by atoms with Crippen molar-refractivity contribution < 1.29 is 13.2 Å². The molecule has 0 aliphatic carbocycles. The molecule has 1 aromatic rings. The number of piperidine rings is 1. The van der Waals surface area contributed by atoms with Crippen LogP contribution >= 0.6 is 0 Å². The number of carbonyl (C=O) groups is 1. The lowest BCUT2D eigenvalue weighted by Gasteiger charge is -2.31. The molecule has 0 unspecified atom stereocenters. The standard InChI is InChI=1S/C17H26N2O3S/c1-13(2)18(4)23(21,22)16-9-5-8-15(11-16)17(20)19-10-6-7-14(3)12-19/h5,8-9,11,13-14H,6-7,10,12H2,1-4H3/t14-/m0/s1. The summed E-state index contributed by atoms with van der Waals surface area (Å²) in [5, 5.41) is 0. The highest BCUT2D eigenvalue weighted by Crippen LogP contribution is 2.21. The fraction of sp³-hybridized carbons (Fsp3) is 0.588. The van der Waals surface area contributed by atoms with Gasteiger partial charge in [-0.3, -0.25) is 4.79 Å². The van der Waals surface area contributed by atoms with Crippen LogP contribution in [-0.2, 0) is 10.0 Å². The van der Waals surface area contributed by atoms with Gasteiger partial charge in [-0.1, -0.05) is 13.0 Å². The van der Waals surface area contributed by atoms with Gasteiger partial charge in [0.2, 0.25) is 10.0 Å². The lowest BCUT2D eigenvalue weighted by molar-refractivity contribution is 0.0683. The first-order valence-electron chi connectivity index (χ1n) is 8.11. The zero-order chi connectivity index (χ0) is 17.2. The molecule has 0 radical (unpaired) electrons. The smallest absolute Gasteiger partial charge is 0.253 e. The minimum atomic E-state index is -3.57. The average molecular weight is 338 g/mol. The van der Waals surface area contributed by atoms with Gasteiger partial charge in [0.05, 0.1) is 4.90 Å². The van der Waals surface area contributed by atoms with Crippen LogP contribution in [0.25, 0.3) is 0 Å². The maximum Gasteiger partial charge on any atom is 0.253 e. The second-order valence-corrected chi connectivity index (χ2v) is 8.64. The summed E-state index contributed by atoms with van der Waals surface area (Å²) in [5.41, 5.74) is 0.442. The predicted octanol–water partition coefficient (Wildman–Crippen LogP) is 2.59. The Bertz CT molecular complexity index is 670. The van der Waals surface area contributed by atoms with Crippen LogP contribution in [0.4, 0.5) is 0 Å². The van der Waals surface area contributed by atoms with Crippen LogP contribution < -0.4 is 0 Å². The van der Waals surface area contributed by atoms with E-state index in [0.29, 0.717) is 11.5 Å². The second-order valence-electron chi connectivity index (χ2n) is 6.64. The maximum absolute atomic E-state index is 12.6. The van der Waals surface area contributed by atoms with Gasteiger partial charge in [-0.05, 0) is 50.8 Å². The van der Waals surface area contributed by atoms with Crippen LogP contribution in [0, 0.1) is 5.92 Å². The minimum Gasteiger partial charge on any atom is -0.338 e. The topological polar surface area (TPSA) is 57.7 Å². The van der Waals surface area contributed by atoms with Crippen LogP contribution in [0.15, 0.2) is 29.2 Å². The third kappa shape index (κ3) is 3.93. The lowest BCUT2D eigenvalue weighted by atomic mass is 9.99. The lowest BCUT2D eigenvalue weighted by Crippen LogP contribution is -2.39. The molecule has 1 aliphatic heterocycles. The third-order valence-corrected chi connectivity index (χ3v) is 6.46. The highest BCUT2D eigenvalue weighted by molar-refractivity contribution is 7.89. The summed E-state index contributed by atoms with van der Waals surface area (Å²) >= 11 is 0. The van der Waals surface area contributed by atoms with E-state index >= 15 is 0 Å². The number of amides is 1. The van der Waals surface area contributed by atoms with Gasteiger partial charge in [-0.2, -0.15) is 4.31 Å². The summed E-state index contributed by atoms with van der Waals surface area (Å²) in [6.45, 7) is 7.26. The first-order chi connectivity index (χ1) is 10.7. The predicted molar refractivity (Wildman–Crippen MR) is 90.8 cm³/mol. The molecule has 0 bridgehead atoms. The Balaban J connectivity index is 2.28. The van der Waals surface area contributed by atoms with E-state index in [1.54, 1.807) is 25.2 Å². The molecule has 0 spiro atoms. The highest BCUT2D eigenvalue weighted by atomic mass is 32.2. The molecule has 128 valence electrons. The Morgan fingerprint density at radius 3 is 2.65 bits per heavy atom. The molecule has 0 N–H and O–H groups in total. The van der Waals surface area contributed by atoms with E-state index in [1.165, 1.54) is 10.4 Å². The number of likely N-dealkylation sites (tertiary alicyclic amines) is 1. The molecule has 1 atom stereocenters. The van der Waals surface area contributed by atoms with E-state index in [0.717, 1.165) is 25.9 Å². The van der Waals surface area contributed by atoms with Gasteiger partial charge < -0.3 is 4.90 Å². The van der Waals surface area contributed by atoms with Gasteiger partial charge in [-0.25, -0.2) is 8.42 Å². The van der Waals surface area contributed by atoms with Crippen molar-refractivity contribution in [1.29, 1.82) is 0 Å². The fourth-order valence-corrected chi connectivity index (χ4v) is 4.20. The molecule has 23 heavy (non-hydrogen) atoms. The zero-order valence-electron chi connectivity index (χ0n) is 14.3. The van der Waals surface area contributed by atoms with Crippen LogP contribution in [0.3, 0.4) is 0 Å². The number of hydrogen-bond acceptors (Lipinski definition) is 3. The average Bonchev–Trinajstić information content (AvgIpc) is 2.53. The molecule has 5 nitrogen and oxygen atoms in total. The summed E-state index contributed by atoms with van der Waals surface area (Å²) in [4.78, 5) is 14.6. The monoisotopic (exact) mass is 338 g/mol. The van der Waals surface area contributed by atoms with E-state index in [1.807, 2.05) is 18.7 Å². The summed E-state index contributed by atoms with van der Waals surface area (Å²) < 4.78 is 26.5. The van der Waals surface area contributed by atoms with Crippen molar-refractivity contribution in [2.45, 2.75) is 44.6 Å². The van der Waals surface area contributed by atoms with E-state index in [4.69, 9.17) is 0 Å². The van der Waals surface area contributed by atoms with Crippen molar-refractivity contribution in [3.8, 4) is 0 Å². The summed E-state index contributed by atoms with van der Waals surface area (Å²) in [5.74, 6) is 0.410. The molecular weight excluding hydrogens is 312 g/mol. The Hall–Kier alpha value is -1.40. The van der Waals surface area contributed by atoms with Gasteiger partial charge in [0, 0.05) is 31.7 Å². The summed E-state index contributed by atoms with van der Waals surface area (Å²) in [6.07, 6.45) is 2.14. The first kappa shape index (κ1) is 17.9. The van der Waals surface area contributed by atoms with Gasteiger partial charge in [0.1, 0.15) is 0 Å². The van der Waals surface area contributed by atoms with Gasteiger partial charge in [-0.15, -0.1) is 0 Å². The number of rotatable bonds is 4. The first-order valence-corrected chi connectivity index (χ1v) is 9.55. The van der Waals surface area contributed by atoms with Crippen LogP contribution in [0.5, 0.6) is 0 Å². The Morgan fingerprint density at radius 2 is 2.04 bits per heavy atom. The second kappa shape index (κ2) is 7.01. The summed E-state index contributed by atoms with van der Waals surface area (Å²) in [7, 11) is -2.02. The highest BCUT2D eigenvalue weighted by Gasteiger charge is 2.26. The Labute approximate surface area is 139 Å². The molecule has 1 aliphatic rings. The zero-order valence-corrected chi connectivity index (χ0v) is 15.1. The number of sulfonamides is 1. The molecule has 1 fully saturated rings. The van der Waals surface area contributed by atoms with E-state index in [-0.39, 0.29) is 16.8 Å². The maximum atomic E-state index is 12.6. The van der Waals surface area contributed by atoms with Crippen molar-refractivity contribution in [3.63, 3.8) is 0 Å². The Morgan fingerprint density at radius 1 is 1.35 bits per heavy atom. The number of nitrogens with zero attached hydrogens (tertiary/aromatic N) is 2. The molecule has 1 saturated heterocycles. The number of benzene rings is 1. The van der Waals surface area contributed by atoms with Gasteiger partial charge in [0.25, 0.3) is 5.91 Å². The van der Waals surface area contributed by atoms with Crippen molar-refractivity contribution in [2.75, 3.05) is 20.1 Å². The number of carbonyl (C=O) groups excluding carboxylic acids is 1.